The van der Waals surface area contributed by atoms with Gasteiger partial charge in [0.1, 0.15) is 0 Å². The lowest BCUT2D eigenvalue weighted by Crippen LogP contribution is -2.47. The van der Waals surface area contributed by atoms with Crippen LogP contribution in [0.25, 0.3) is 10.8 Å². The van der Waals surface area contributed by atoms with E-state index in [9.17, 15) is 13.2 Å². The van der Waals surface area contributed by atoms with Crippen molar-refractivity contribution in [2.75, 3.05) is 32.7 Å². The zero-order chi connectivity index (χ0) is 19.0. The summed E-state index contributed by atoms with van der Waals surface area (Å²) in [6.07, 6.45) is 4.78. The van der Waals surface area contributed by atoms with Crippen LogP contribution in [0.1, 0.15) is 12.8 Å². The summed E-state index contributed by atoms with van der Waals surface area (Å²) in [5, 5.41) is 4.44. The van der Waals surface area contributed by atoms with Crippen LogP contribution in [0.5, 0.6) is 0 Å². The van der Waals surface area contributed by atoms with E-state index >= 15 is 0 Å². The molecule has 3 heterocycles. The van der Waals surface area contributed by atoms with Crippen molar-refractivity contribution in [2.45, 2.75) is 23.8 Å². The Balaban J connectivity index is 1.51. The largest absolute Gasteiger partial charge is 0.351 e. The summed E-state index contributed by atoms with van der Waals surface area (Å²) >= 11 is 6.23. The molecule has 1 unspecified atom stereocenters. The molecule has 0 spiro atoms. The highest BCUT2D eigenvalue weighted by Crippen LogP contribution is 2.32. The number of pyridine rings is 1. The number of halogens is 1. The molecule has 7 nitrogen and oxygen atoms in total. The summed E-state index contributed by atoms with van der Waals surface area (Å²) in [6, 6.07) is 4.88. The van der Waals surface area contributed by atoms with Gasteiger partial charge in [-0.15, -0.1) is 0 Å². The highest BCUT2D eigenvalue weighted by atomic mass is 35.5. The third-order valence-corrected chi connectivity index (χ3v) is 7.34. The van der Waals surface area contributed by atoms with Crippen LogP contribution in [0.4, 0.5) is 0 Å². The topological polar surface area (TPSA) is 82.6 Å². The molecule has 2 aliphatic rings. The summed E-state index contributed by atoms with van der Waals surface area (Å²) in [5.74, 6) is -0.0433. The molecular weight excluding hydrogens is 388 g/mol. The van der Waals surface area contributed by atoms with Gasteiger partial charge in [0.05, 0.1) is 16.5 Å². The third-order valence-electron chi connectivity index (χ3n) is 5.15. The van der Waals surface area contributed by atoms with E-state index in [2.05, 4.69) is 15.2 Å². The summed E-state index contributed by atoms with van der Waals surface area (Å²) in [5.41, 5.74) is 0. The van der Waals surface area contributed by atoms with Gasteiger partial charge in [0.2, 0.25) is 15.9 Å². The SMILES string of the molecule is O=C(CN1CCC1)NC1CCN(S(=O)(=O)c2cccc3cncc(Cl)c23)C1. The molecule has 9 heteroatoms. The average Bonchev–Trinajstić information content (AvgIpc) is 3.07. The number of aromatic nitrogens is 1. The Kier molecular flexibility index (Phi) is 5.07. The second kappa shape index (κ2) is 7.35. The van der Waals surface area contributed by atoms with Gasteiger partial charge in [0, 0.05) is 42.3 Å². The predicted octanol–water partition coefficient (Wildman–Crippen LogP) is 1.47. The number of fused-ring (bicyclic) bond motifs is 1. The number of nitrogens with one attached hydrogen (secondary N) is 1. The molecule has 0 saturated carbocycles. The predicted molar refractivity (Wildman–Crippen MR) is 103 cm³/mol. The van der Waals surface area contributed by atoms with Crippen LogP contribution < -0.4 is 5.32 Å². The number of sulfonamides is 1. The molecule has 2 aliphatic heterocycles. The summed E-state index contributed by atoms with van der Waals surface area (Å²) in [4.78, 5) is 18.4. The van der Waals surface area contributed by atoms with Crippen molar-refractivity contribution in [2.24, 2.45) is 0 Å². The van der Waals surface area contributed by atoms with Gasteiger partial charge in [0.25, 0.3) is 0 Å². The van der Waals surface area contributed by atoms with Crippen molar-refractivity contribution in [1.82, 2.24) is 19.5 Å². The number of carbonyl (C=O) groups excluding carboxylic acids is 1. The molecule has 2 saturated heterocycles. The second-order valence-corrected chi connectivity index (χ2v) is 9.34. The van der Waals surface area contributed by atoms with Gasteiger partial charge in [-0.1, -0.05) is 23.7 Å². The maximum atomic E-state index is 13.2. The van der Waals surface area contributed by atoms with E-state index in [-0.39, 0.29) is 23.4 Å². The van der Waals surface area contributed by atoms with Crippen LogP contribution >= 0.6 is 11.6 Å². The molecule has 0 bridgehead atoms. The van der Waals surface area contributed by atoms with Gasteiger partial charge in [-0.25, -0.2) is 8.42 Å². The van der Waals surface area contributed by atoms with E-state index in [4.69, 9.17) is 11.6 Å². The number of rotatable bonds is 5. The Labute approximate surface area is 163 Å². The van der Waals surface area contributed by atoms with Gasteiger partial charge in [-0.05, 0) is 32.0 Å². The van der Waals surface area contributed by atoms with E-state index in [0.717, 1.165) is 19.5 Å². The van der Waals surface area contributed by atoms with Gasteiger partial charge in [0.15, 0.2) is 0 Å². The Bertz CT molecular complexity index is 972. The first-order valence-electron chi connectivity index (χ1n) is 8.99. The smallest absolute Gasteiger partial charge is 0.243 e. The van der Waals surface area contributed by atoms with Crippen molar-refractivity contribution in [1.29, 1.82) is 0 Å². The van der Waals surface area contributed by atoms with E-state index in [1.807, 2.05) is 0 Å². The van der Waals surface area contributed by atoms with Crippen LogP contribution in [-0.2, 0) is 14.8 Å². The summed E-state index contributed by atoms with van der Waals surface area (Å²) in [6.45, 7) is 2.93. The maximum absolute atomic E-state index is 13.2. The first kappa shape index (κ1) is 18.6. The van der Waals surface area contributed by atoms with Gasteiger partial charge in [-0.3, -0.25) is 14.7 Å². The molecule has 2 aromatic rings. The van der Waals surface area contributed by atoms with E-state index in [1.54, 1.807) is 24.4 Å². The van der Waals surface area contributed by atoms with E-state index in [0.29, 0.717) is 35.3 Å². The van der Waals surface area contributed by atoms with Gasteiger partial charge in [-0.2, -0.15) is 4.31 Å². The molecule has 27 heavy (non-hydrogen) atoms. The molecule has 1 N–H and O–H groups in total. The number of likely N-dealkylation sites (tertiary alicyclic amines) is 1. The average molecular weight is 409 g/mol. The molecule has 1 aromatic carbocycles. The molecule has 0 radical (unpaired) electrons. The van der Waals surface area contributed by atoms with E-state index < -0.39 is 10.0 Å². The molecule has 1 aromatic heterocycles. The lowest BCUT2D eigenvalue weighted by Gasteiger charge is -2.30. The van der Waals surface area contributed by atoms with E-state index in [1.165, 1.54) is 10.5 Å². The number of benzene rings is 1. The molecule has 144 valence electrons. The minimum Gasteiger partial charge on any atom is -0.351 e. The van der Waals surface area contributed by atoms with Crippen molar-refractivity contribution in [3.8, 4) is 0 Å². The molecule has 0 aliphatic carbocycles. The fraction of sp³-hybridized carbons (Fsp3) is 0.444. The summed E-state index contributed by atoms with van der Waals surface area (Å²) < 4.78 is 27.8. The fourth-order valence-electron chi connectivity index (χ4n) is 3.59. The Morgan fingerprint density at radius 2 is 2.07 bits per heavy atom. The van der Waals surface area contributed by atoms with Gasteiger partial charge < -0.3 is 5.32 Å². The van der Waals surface area contributed by atoms with Crippen LogP contribution in [0.2, 0.25) is 5.02 Å². The minimum absolute atomic E-state index is 0.0433. The molecule has 1 atom stereocenters. The third kappa shape index (κ3) is 3.67. The lowest BCUT2D eigenvalue weighted by atomic mass is 10.2. The molecular formula is C18H21ClN4O3S. The van der Waals surface area contributed by atoms with Crippen molar-refractivity contribution < 1.29 is 13.2 Å². The zero-order valence-electron chi connectivity index (χ0n) is 14.8. The van der Waals surface area contributed by atoms with Crippen LogP contribution in [0, 0.1) is 0 Å². The lowest BCUT2D eigenvalue weighted by molar-refractivity contribution is -0.123. The number of hydrogen-bond acceptors (Lipinski definition) is 5. The first-order valence-corrected chi connectivity index (χ1v) is 10.8. The Hall–Kier alpha value is -1.74. The zero-order valence-corrected chi connectivity index (χ0v) is 16.3. The highest BCUT2D eigenvalue weighted by Gasteiger charge is 2.34. The number of nitrogens with zero attached hydrogens (tertiary/aromatic N) is 3. The van der Waals surface area contributed by atoms with Crippen LogP contribution in [-0.4, -0.2) is 67.3 Å². The van der Waals surface area contributed by atoms with Crippen LogP contribution in [0.15, 0.2) is 35.5 Å². The second-order valence-electron chi connectivity index (χ2n) is 7.02. The Morgan fingerprint density at radius 3 is 2.81 bits per heavy atom. The van der Waals surface area contributed by atoms with Gasteiger partial charge >= 0.3 is 0 Å². The normalized spacial score (nSPS) is 21.3. The fourth-order valence-corrected chi connectivity index (χ4v) is 5.65. The number of carbonyl (C=O) groups is 1. The summed E-state index contributed by atoms with van der Waals surface area (Å²) in [7, 11) is -3.71. The standard InChI is InChI=1S/C18H21ClN4O3S/c19-15-10-20-9-13-3-1-4-16(18(13)15)27(25,26)23-8-5-14(11-23)21-17(24)12-22-6-2-7-22/h1,3-4,9-10,14H,2,5-8,11-12H2,(H,21,24). The minimum atomic E-state index is -3.71. The van der Waals surface area contributed by atoms with Crippen molar-refractivity contribution in [3.63, 3.8) is 0 Å². The van der Waals surface area contributed by atoms with Crippen molar-refractivity contribution in [3.05, 3.63) is 35.6 Å². The molecule has 4 rings (SSSR count). The molecule has 2 fully saturated rings. The first-order chi connectivity index (χ1) is 12.9. The number of amides is 1. The van der Waals surface area contributed by atoms with Crippen molar-refractivity contribution >= 4 is 38.3 Å². The maximum Gasteiger partial charge on any atom is 0.243 e. The quantitative estimate of drug-likeness (QED) is 0.810. The number of hydrogen-bond donors (Lipinski definition) is 1. The highest BCUT2D eigenvalue weighted by molar-refractivity contribution is 7.89. The molecule has 1 amide bonds. The van der Waals surface area contributed by atoms with Crippen LogP contribution in [0.3, 0.4) is 0 Å². The Morgan fingerprint density at radius 1 is 1.26 bits per heavy atom. The monoisotopic (exact) mass is 408 g/mol.